The lowest BCUT2D eigenvalue weighted by Crippen LogP contribution is -2.40. The molecule has 0 saturated carbocycles. The Balaban J connectivity index is 3.10. The standard InChI is InChI=1S/C12H16ClNO4S/c1-3-4-10(12(15)16)14-19(17,18)11-7-9(13)6-5-8(11)2/h5-7,10,14H,3-4H2,1-2H3,(H,15,16)/t10-/m1/s1. The van der Waals surface area contributed by atoms with Crippen molar-refractivity contribution < 1.29 is 18.3 Å². The highest BCUT2D eigenvalue weighted by molar-refractivity contribution is 7.89. The van der Waals surface area contributed by atoms with Crippen LogP contribution in [0.2, 0.25) is 5.02 Å². The van der Waals surface area contributed by atoms with E-state index in [0.717, 1.165) is 0 Å². The van der Waals surface area contributed by atoms with Gasteiger partial charge in [0.1, 0.15) is 6.04 Å². The maximum atomic E-state index is 12.2. The van der Waals surface area contributed by atoms with E-state index in [2.05, 4.69) is 4.72 Å². The van der Waals surface area contributed by atoms with Crippen LogP contribution in [0, 0.1) is 6.92 Å². The van der Waals surface area contributed by atoms with E-state index in [1.807, 2.05) is 0 Å². The molecule has 1 atom stereocenters. The van der Waals surface area contributed by atoms with Gasteiger partial charge in [-0.05, 0) is 31.0 Å². The number of aliphatic carboxylic acids is 1. The van der Waals surface area contributed by atoms with Crippen LogP contribution in [-0.2, 0) is 14.8 Å². The third kappa shape index (κ3) is 4.19. The van der Waals surface area contributed by atoms with Crippen LogP contribution in [0.4, 0.5) is 0 Å². The van der Waals surface area contributed by atoms with E-state index in [1.54, 1.807) is 26.0 Å². The van der Waals surface area contributed by atoms with Crippen LogP contribution in [0.5, 0.6) is 0 Å². The Hall–Kier alpha value is -1.11. The third-order valence-electron chi connectivity index (χ3n) is 2.61. The third-order valence-corrected chi connectivity index (χ3v) is 4.46. The van der Waals surface area contributed by atoms with Gasteiger partial charge in [0.2, 0.25) is 10.0 Å². The maximum Gasteiger partial charge on any atom is 0.321 e. The molecule has 7 heteroatoms. The molecule has 0 radical (unpaired) electrons. The molecular weight excluding hydrogens is 290 g/mol. The van der Waals surface area contributed by atoms with Gasteiger partial charge in [0, 0.05) is 5.02 Å². The predicted octanol–water partition coefficient (Wildman–Crippen LogP) is 2.18. The Morgan fingerprint density at radius 2 is 2.11 bits per heavy atom. The van der Waals surface area contributed by atoms with Gasteiger partial charge in [-0.25, -0.2) is 8.42 Å². The molecule has 0 heterocycles. The molecule has 1 aromatic carbocycles. The number of hydrogen-bond donors (Lipinski definition) is 2. The first-order valence-corrected chi connectivity index (χ1v) is 7.65. The molecule has 0 bridgehead atoms. The Labute approximate surface area is 117 Å². The predicted molar refractivity (Wildman–Crippen MR) is 72.8 cm³/mol. The zero-order chi connectivity index (χ0) is 14.6. The Kier molecular flexibility index (Phi) is 5.34. The first-order chi connectivity index (χ1) is 8.77. The molecule has 106 valence electrons. The van der Waals surface area contributed by atoms with Crippen molar-refractivity contribution >= 4 is 27.6 Å². The van der Waals surface area contributed by atoms with E-state index in [9.17, 15) is 13.2 Å². The lowest BCUT2D eigenvalue weighted by Gasteiger charge is -2.15. The summed E-state index contributed by atoms with van der Waals surface area (Å²) >= 11 is 5.77. The molecule has 0 aliphatic heterocycles. The van der Waals surface area contributed by atoms with Crippen LogP contribution in [0.1, 0.15) is 25.3 Å². The second-order valence-electron chi connectivity index (χ2n) is 4.21. The van der Waals surface area contributed by atoms with Crippen molar-refractivity contribution in [2.24, 2.45) is 0 Å². The molecule has 0 spiro atoms. The average Bonchev–Trinajstić information content (AvgIpc) is 2.31. The highest BCUT2D eigenvalue weighted by atomic mass is 35.5. The summed E-state index contributed by atoms with van der Waals surface area (Å²) in [5.41, 5.74) is 0.512. The molecule has 5 nitrogen and oxygen atoms in total. The lowest BCUT2D eigenvalue weighted by atomic mass is 10.2. The first kappa shape index (κ1) is 15.9. The summed E-state index contributed by atoms with van der Waals surface area (Å²) < 4.78 is 26.5. The Morgan fingerprint density at radius 1 is 1.47 bits per heavy atom. The first-order valence-electron chi connectivity index (χ1n) is 5.79. The molecule has 0 saturated heterocycles. The molecule has 0 amide bonds. The van der Waals surface area contributed by atoms with Gasteiger partial charge in [-0.3, -0.25) is 4.79 Å². The van der Waals surface area contributed by atoms with Gasteiger partial charge < -0.3 is 5.11 Å². The van der Waals surface area contributed by atoms with E-state index in [4.69, 9.17) is 16.7 Å². The number of hydrogen-bond acceptors (Lipinski definition) is 3. The summed E-state index contributed by atoms with van der Waals surface area (Å²) in [5, 5.41) is 9.27. The molecule has 0 aromatic heterocycles. The van der Waals surface area contributed by atoms with Gasteiger partial charge in [0.05, 0.1) is 4.90 Å². The Morgan fingerprint density at radius 3 is 2.63 bits per heavy atom. The van der Waals surface area contributed by atoms with E-state index in [1.165, 1.54) is 6.07 Å². The summed E-state index contributed by atoms with van der Waals surface area (Å²) in [6, 6.07) is 3.33. The summed E-state index contributed by atoms with van der Waals surface area (Å²) in [7, 11) is -3.90. The number of nitrogens with one attached hydrogen (secondary N) is 1. The molecule has 0 unspecified atom stereocenters. The van der Waals surface area contributed by atoms with Crippen LogP contribution in [0.3, 0.4) is 0 Å². The van der Waals surface area contributed by atoms with Crippen LogP contribution in [0.25, 0.3) is 0 Å². The number of rotatable bonds is 6. The molecule has 2 N–H and O–H groups in total. The number of carboxylic acid groups (broad SMARTS) is 1. The number of sulfonamides is 1. The number of aryl methyl sites for hydroxylation is 1. The fourth-order valence-electron chi connectivity index (χ4n) is 1.64. The Bertz CT molecular complexity index is 571. The van der Waals surface area contributed by atoms with Crippen LogP contribution in [-0.4, -0.2) is 25.5 Å². The quantitative estimate of drug-likeness (QED) is 0.844. The highest BCUT2D eigenvalue weighted by Crippen LogP contribution is 2.20. The van der Waals surface area contributed by atoms with Crippen molar-refractivity contribution in [1.29, 1.82) is 0 Å². The molecule has 19 heavy (non-hydrogen) atoms. The van der Waals surface area contributed by atoms with Crippen molar-refractivity contribution in [3.8, 4) is 0 Å². The van der Waals surface area contributed by atoms with E-state index in [0.29, 0.717) is 12.0 Å². The summed E-state index contributed by atoms with van der Waals surface area (Å²) in [6.45, 7) is 3.41. The van der Waals surface area contributed by atoms with Gasteiger partial charge >= 0.3 is 5.97 Å². The molecule has 0 aliphatic carbocycles. The van der Waals surface area contributed by atoms with Gasteiger partial charge in [-0.15, -0.1) is 0 Å². The fourth-order valence-corrected chi connectivity index (χ4v) is 3.37. The molecule has 0 fully saturated rings. The zero-order valence-corrected chi connectivity index (χ0v) is 12.3. The van der Waals surface area contributed by atoms with Crippen LogP contribution >= 0.6 is 11.6 Å². The topological polar surface area (TPSA) is 83.5 Å². The number of carboxylic acids is 1. The zero-order valence-electron chi connectivity index (χ0n) is 10.7. The largest absolute Gasteiger partial charge is 0.480 e. The smallest absolute Gasteiger partial charge is 0.321 e. The van der Waals surface area contributed by atoms with Crippen molar-refractivity contribution in [1.82, 2.24) is 4.72 Å². The highest BCUT2D eigenvalue weighted by Gasteiger charge is 2.25. The second kappa shape index (κ2) is 6.36. The SMILES string of the molecule is CCC[C@@H](NS(=O)(=O)c1cc(Cl)ccc1C)C(=O)O. The van der Waals surface area contributed by atoms with E-state index in [-0.39, 0.29) is 16.3 Å². The molecular formula is C12H16ClNO4S. The lowest BCUT2D eigenvalue weighted by molar-refractivity contribution is -0.139. The average molecular weight is 306 g/mol. The van der Waals surface area contributed by atoms with Crippen molar-refractivity contribution in [3.63, 3.8) is 0 Å². The minimum atomic E-state index is -3.90. The monoisotopic (exact) mass is 305 g/mol. The minimum Gasteiger partial charge on any atom is -0.480 e. The maximum absolute atomic E-state index is 12.2. The van der Waals surface area contributed by atoms with E-state index < -0.39 is 22.0 Å². The summed E-state index contributed by atoms with van der Waals surface area (Å²) in [5.74, 6) is -1.19. The van der Waals surface area contributed by atoms with Gasteiger partial charge in [-0.2, -0.15) is 4.72 Å². The number of halogens is 1. The van der Waals surface area contributed by atoms with Crippen LogP contribution < -0.4 is 4.72 Å². The van der Waals surface area contributed by atoms with Gasteiger partial charge in [-0.1, -0.05) is 31.0 Å². The fraction of sp³-hybridized carbons (Fsp3) is 0.417. The second-order valence-corrected chi connectivity index (χ2v) is 6.33. The molecule has 1 aromatic rings. The number of benzene rings is 1. The van der Waals surface area contributed by atoms with Crippen molar-refractivity contribution in [3.05, 3.63) is 28.8 Å². The van der Waals surface area contributed by atoms with Crippen LogP contribution in [0.15, 0.2) is 23.1 Å². The minimum absolute atomic E-state index is 0.00218. The number of carbonyl (C=O) groups is 1. The van der Waals surface area contributed by atoms with Crippen molar-refractivity contribution in [2.45, 2.75) is 37.6 Å². The normalized spacial score (nSPS) is 13.2. The summed E-state index contributed by atoms with van der Waals surface area (Å²) in [4.78, 5) is 11.0. The van der Waals surface area contributed by atoms with Gasteiger partial charge in [0.15, 0.2) is 0 Å². The van der Waals surface area contributed by atoms with E-state index >= 15 is 0 Å². The van der Waals surface area contributed by atoms with Crippen molar-refractivity contribution in [2.75, 3.05) is 0 Å². The molecule has 0 aliphatic rings. The van der Waals surface area contributed by atoms with Gasteiger partial charge in [0.25, 0.3) is 0 Å². The summed E-state index contributed by atoms with van der Waals surface area (Å²) in [6.07, 6.45) is 0.794. The molecule has 1 rings (SSSR count).